The molecule has 3 aromatic rings. The zero-order valence-electron chi connectivity index (χ0n) is 8.50. The second kappa shape index (κ2) is 4.01. The third-order valence-corrected chi connectivity index (χ3v) is 4.14. The van der Waals surface area contributed by atoms with Crippen molar-refractivity contribution in [3.8, 4) is 11.4 Å². The van der Waals surface area contributed by atoms with Crippen LogP contribution >= 0.6 is 38.9 Å². The van der Waals surface area contributed by atoms with Gasteiger partial charge in [-0.3, -0.25) is 0 Å². The average Bonchev–Trinajstić information content (AvgIpc) is 2.83. The molecule has 0 amide bonds. The Morgan fingerprint density at radius 2 is 2.18 bits per heavy atom. The van der Waals surface area contributed by atoms with Crippen molar-refractivity contribution >= 4 is 55.6 Å². The Kier molecular flexibility index (Phi) is 2.61. The highest BCUT2D eigenvalue weighted by atomic mass is 79.9. The van der Waals surface area contributed by atoms with E-state index in [4.69, 9.17) is 17.3 Å². The maximum atomic E-state index is 5.95. The molecule has 0 spiro atoms. The van der Waals surface area contributed by atoms with Gasteiger partial charge in [0, 0.05) is 16.0 Å². The van der Waals surface area contributed by atoms with E-state index in [0.717, 1.165) is 26.2 Å². The summed E-state index contributed by atoms with van der Waals surface area (Å²) in [7, 11) is 0. The molecule has 0 aliphatic rings. The van der Waals surface area contributed by atoms with Crippen molar-refractivity contribution in [1.82, 2.24) is 9.97 Å². The van der Waals surface area contributed by atoms with Gasteiger partial charge < -0.3 is 10.7 Å². The quantitative estimate of drug-likeness (QED) is 0.655. The molecule has 3 N–H and O–H groups in total. The number of nitrogens with one attached hydrogen (secondary N) is 1. The highest BCUT2D eigenvalue weighted by molar-refractivity contribution is 9.11. The van der Waals surface area contributed by atoms with Crippen LogP contribution in [0.15, 0.2) is 27.4 Å². The van der Waals surface area contributed by atoms with Crippen molar-refractivity contribution in [1.29, 1.82) is 0 Å². The molecule has 0 aliphatic carbocycles. The van der Waals surface area contributed by atoms with Crippen molar-refractivity contribution in [2.75, 3.05) is 5.73 Å². The number of hydrogen-bond acceptors (Lipinski definition) is 3. The van der Waals surface area contributed by atoms with Crippen LogP contribution in [0.4, 0.5) is 5.69 Å². The lowest BCUT2D eigenvalue weighted by Gasteiger charge is -1.94. The molecule has 0 saturated heterocycles. The molecule has 86 valence electrons. The zero-order valence-corrected chi connectivity index (χ0v) is 11.7. The number of halogens is 2. The Morgan fingerprint density at radius 3 is 2.88 bits per heavy atom. The standard InChI is InChI=1S/C11H7BrClN3S/c12-9-1-5(4-17-9)11-15-8-3-6(13)2-7(14)10(8)16-11/h1-4H,14H2,(H,15,16). The summed E-state index contributed by atoms with van der Waals surface area (Å²) >= 11 is 11.0. The summed E-state index contributed by atoms with van der Waals surface area (Å²) in [6, 6.07) is 5.55. The van der Waals surface area contributed by atoms with Gasteiger partial charge in [-0.05, 0) is 34.1 Å². The van der Waals surface area contributed by atoms with Gasteiger partial charge in [-0.1, -0.05) is 11.6 Å². The molecule has 0 aliphatic heterocycles. The van der Waals surface area contributed by atoms with Crippen LogP contribution in [0.5, 0.6) is 0 Å². The van der Waals surface area contributed by atoms with Crippen molar-refractivity contribution in [2.24, 2.45) is 0 Å². The molecule has 2 aromatic heterocycles. The van der Waals surface area contributed by atoms with Gasteiger partial charge >= 0.3 is 0 Å². The zero-order chi connectivity index (χ0) is 12.0. The third kappa shape index (κ3) is 1.94. The van der Waals surface area contributed by atoms with Crippen LogP contribution in [0.25, 0.3) is 22.4 Å². The van der Waals surface area contributed by atoms with Gasteiger partial charge in [-0.15, -0.1) is 11.3 Å². The lowest BCUT2D eigenvalue weighted by molar-refractivity contribution is 1.35. The molecule has 0 radical (unpaired) electrons. The van der Waals surface area contributed by atoms with Crippen molar-refractivity contribution in [3.63, 3.8) is 0 Å². The van der Waals surface area contributed by atoms with Gasteiger partial charge in [0.05, 0.1) is 15.0 Å². The fraction of sp³-hybridized carbons (Fsp3) is 0. The summed E-state index contributed by atoms with van der Waals surface area (Å²) < 4.78 is 1.07. The smallest absolute Gasteiger partial charge is 0.139 e. The molecule has 3 nitrogen and oxygen atoms in total. The number of fused-ring (bicyclic) bond motifs is 1. The summed E-state index contributed by atoms with van der Waals surface area (Å²) in [6.07, 6.45) is 0. The summed E-state index contributed by atoms with van der Waals surface area (Å²) in [4.78, 5) is 7.70. The highest BCUT2D eigenvalue weighted by Crippen LogP contribution is 2.31. The molecule has 2 heterocycles. The van der Waals surface area contributed by atoms with Crippen LogP contribution in [0, 0.1) is 0 Å². The van der Waals surface area contributed by atoms with Gasteiger partial charge in [0.2, 0.25) is 0 Å². The number of aromatic nitrogens is 2. The number of nitrogen functional groups attached to an aromatic ring is 1. The molecule has 0 fully saturated rings. The predicted molar refractivity (Wildman–Crippen MR) is 76.5 cm³/mol. The molecule has 6 heteroatoms. The van der Waals surface area contributed by atoms with E-state index in [2.05, 4.69) is 25.9 Å². The molecule has 0 atom stereocenters. The second-order valence-electron chi connectivity index (χ2n) is 3.62. The molecule has 1 aromatic carbocycles. The lowest BCUT2D eigenvalue weighted by Crippen LogP contribution is -1.86. The number of imidazole rings is 1. The molecular weight excluding hydrogens is 322 g/mol. The van der Waals surface area contributed by atoms with Crippen LogP contribution in [0.2, 0.25) is 5.02 Å². The van der Waals surface area contributed by atoms with Gasteiger partial charge in [0.1, 0.15) is 11.3 Å². The monoisotopic (exact) mass is 327 g/mol. The molecule has 0 bridgehead atoms. The number of anilines is 1. The number of aromatic amines is 1. The minimum absolute atomic E-state index is 0.587. The maximum absolute atomic E-state index is 5.95. The molecule has 0 unspecified atom stereocenters. The van der Waals surface area contributed by atoms with E-state index >= 15 is 0 Å². The Bertz CT molecular complexity index is 704. The summed E-state index contributed by atoms with van der Waals surface area (Å²) in [5.74, 6) is 0.802. The van der Waals surface area contributed by atoms with E-state index in [1.807, 2.05) is 17.5 Å². The Hall–Kier alpha value is -1.04. The predicted octanol–water partition coefficient (Wildman–Crippen LogP) is 4.29. The maximum Gasteiger partial charge on any atom is 0.139 e. The van der Waals surface area contributed by atoms with E-state index in [-0.39, 0.29) is 0 Å². The second-order valence-corrected chi connectivity index (χ2v) is 6.34. The number of thiophene rings is 1. The highest BCUT2D eigenvalue weighted by Gasteiger charge is 2.09. The SMILES string of the molecule is Nc1cc(Cl)cc2[nH]c(-c3csc(Br)c3)nc12. The Morgan fingerprint density at radius 1 is 1.35 bits per heavy atom. The normalized spacial score (nSPS) is 11.2. The van der Waals surface area contributed by atoms with Crippen molar-refractivity contribution < 1.29 is 0 Å². The first-order valence-electron chi connectivity index (χ1n) is 4.82. The van der Waals surface area contributed by atoms with Crippen molar-refractivity contribution in [3.05, 3.63) is 32.4 Å². The minimum atomic E-state index is 0.587. The first-order chi connectivity index (χ1) is 8.13. The van der Waals surface area contributed by atoms with Gasteiger partial charge in [0.25, 0.3) is 0 Å². The molecular formula is C11H7BrClN3S. The Labute approximate surface area is 115 Å². The van der Waals surface area contributed by atoms with E-state index in [1.165, 1.54) is 0 Å². The van der Waals surface area contributed by atoms with Crippen LogP contribution in [0.1, 0.15) is 0 Å². The minimum Gasteiger partial charge on any atom is -0.397 e. The number of hydrogen-bond donors (Lipinski definition) is 2. The van der Waals surface area contributed by atoms with Crippen LogP contribution in [-0.2, 0) is 0 Å². The van der Waals surface area contributed by atoms with Crippen LogP contribution in [0.3, 0.4) is 0 Å². The number of H-pyrrole nitrogens is 1. The summed E-state index contributed by atoms with van der Waals surface area (Å²) in [5, 5.41) is 2.64. The van der Waals surface area contributed by atoms with E-state index in [9.17, 15) is 0 Å². The fourth-order valence-corrected chi connectivity index (χ4v) is 3.05. The first kappa shape index (κ1) is 11.1. The molecule has 3 rings (SSSR count). The summed E-state index contributed by atoms with van der Waals surface area (Å²) in [5.41, 5.74) is 9.11. The average molecular weight is 329 g/mol. The fourth-order valence-electron chi connectivity index (χ4n) is 1.68. The largest absolute Gasteiger partial charge is 0.397 e. The molecule has 0 saturated carbocycles. The van der Waals surface area contributed by atoms with E-state index in [0.29, 0.717) is 10.7 Å². The van der Waals surface area contributed by atoms with Crippen LogP contribution < -0.4 is 5.73 Å². The number of benzene rings is 1. The topological polar surface area (TPSA) is 54.7 Å². The van der Waals surface area contributed by atoms with Gasteiger partial charge in [-0.2, -0.15) is 0 Å². The molecule has 17 heavy (non-hydrogen) atoms. The van der Waals surface area contributed by atoms with E-state index < -0.39 is 0 Å². The van der Waals surface area contributed by atoms with E-state index in [1.54, 1.807) is 17.4 Å². The number of nitrogens with zero attached hydrogens (tertiary/aromatic N) is 1. The van der Waals surface area contributed by atoms with Gasteiger partial charge in [-0.25, -0.2) is 4.98 Å². The third-order valence-electron chi connectivity index (χ3n) is 2.42. The first-order valence-corrected chi connectivity index (χ1v) is 6.88. The lowest BCUT2D eigenvalue weighted by atomic mass is 10.3. The number of rotatable bonds is 1. The van der Waals surface area contributed by atoms with Crippen LogP contribution in [-0.4, -0.2) is 9.97 Å². The van der Waals surface area contributed by atoms with Crippen molar-refractivity contribution in [2.45, 2.75) is 0 Å². The number of nitrogens with two attached hydrogens (primary N) is 1. The summed E-state index contributed by atoms with van der Waals surface area (Å²) in [6.45, 7) is 0. The van der Waals surface area contributed by atoms with Gasteiger partial charge in [0.15, 0.2) is 0 Å². The Balaban J connectivity index is 2.23.